The van der Waals surface area contributed by atoms with Crippen LogP contribution in [-0.2, 0) is 0 Å². The van der Waals surface area contributed by atoms with Gasteiger partial charge in [-0.1, -0.05) is 0 Å². The van der Waals surface area contributed by atoms with Gasteiger partial charge in [-0.05, 0) is 40.5 Å². The average Bonchev–Trinajstić information content (AvgIpc) is 2.09. The average molecular weight is 245 g/mol. The summed E-state index contributed by atoms with van der Waals surface area (Å²) in [7, 11) is 0. The predicted molar refractivity (Wildman–Crippen MR) is 58.7 cm³/mol. The van der Waals surface area contributed by atoms with Crippen LogP contribution in [0.1, 0.15) is 6.42 Å². The summed E-state index contributed by atoms with van der Waals surface area (Å²) in [6.45, 7) is 0.971. The minimum atomic E-state index is 0.208. The molecule has 0 atom stereocenters. The second-order valence-corrected chi connectivity index (χ2v) is 3.60. The molecule has 72 valence electrons. The molecule has 1 aromatic rings. The molecule has 0 aromatic heterocycles. The Labute approximate surface area is 86.1 Å². The van der Waals surface area contributed by atoms with Crippen LogP contribution in [0.25, 0.3) is 0 Å². The Kier molecular flexibility index (Phi) is 4.05. The van der Waals surface area contributed by atoms with Gasteiger partial charge in [-0.2, -0.15) is 0 Å². The minimum Gasteiger partial charge on any atom is -0.399 e. The molecule has 1 aromatic carbocycles. The van der Waals surface area contributed by atoms with E-state index in [-0.39, 0.29) is 6.61 Å². The molecule has 13 heavy (non-hydrogen) atoms. The van der Waals surface area contributed by atoms with Crippen molar-refractivity contribution in [2.75, 3.05) is 24.2 Å². The Morgan fingerprint density at radius 1 is 1.46 bits per heavy atom. The van der Waals surface area contributed by atoms with Crippen LogP contribution in [-0.4, -0.2) is 18.3 Å². The largest absolute Gasteiger partial charge is 0.399 e. The summed E-state index contributed by atoms with van der Waals surface area (Å²) in [5.74, 6) is 0. The molecule has 0 bridgehead atoms. The molecule has 0 unspecified atom stereocenters. The van der Waals surface area contributed by atoms with Gasteiger partial charge in [0.05, 0.1) is 0 Å². The van der Waals surface area contributed by atoms with E-state index in [2.05, 4.69) is 21.2 Å². The molecule has 0 saturated heterocycles. The van der Waals surface area contributed by atoms with Crippen molar-refractivity contribution < 1.29 is 5.11 Å². The molecule has 0 heterocycles. The number of benzene rings is 1. The molecule has 0 saturated carbocycles. The smallest absolute Gasteiger partial charge is 0.0486 e. The van der Waals surface area contributed by atoms with E-state index >= 15 is 0 Å². The standard InChI is InChI=1S/C9H13BrN2O/c10-8-6-7(11)2-3-9(8)12-4-1-5-13/h2-3,6,12-13H,1,4-5,11H2. The van der Waals surface area contributed by atoms with Crippen LogP contribution in [0.5, 0.6) is 0 Å². The number of halogens is 1. The number of aliphatic hydroxyl groups is 1. The third-order valence-corrected chi connectivity index (χ3v) is 2.30. The third-order valence-electron chi connectivity index (χ3n) is 1.64. The van der Waals surface area contributed by atoms with Crippen molar-refractivity contribution in [1.82, 2.24) is 0 Å². The lowest BCUT2D eigenvalue weighted by Crippen LogP contribution is -2.04. The number of anilines is 2. The Morgan fingerprint density at radius 2 is 2.23 bits per heavy atom. The van der Waals surface area contributed by atoms with Gasteiger partial charge in [-0.25, -0.2) is 0 Å². The number of rotatable bonds is 4. The molecule has 0 aliphatic rings. The molecule has 4 heteroatoms. The summed E-state index contributed by atoms with van der Waals surface area (Å²) < 4.78 is 0.949. The summed E-state index contributed by atoms with van der Waals surface area (Å²) in [5, 5.41) is 11.8. The zero-order chi connectivity index (χ0) is 9.68. The Bertz CT molecular complexity index is 278. The summed E-state index contributed by atoms with van der Waals surface area (Å²) in [6, 6.07) is 5.60. The maximum Gasteiger partial charge on any atom is 0.0486 e. The van der Waals surface area contributed by atoms with E-state index in [4.69, 9.17) is 10.8 Å². The lowest BCUT2D eigenvalue weighted by molar-refractivity contribution is 0.292. The summed E-state index contributed by atoms with van der Waals surface area (Å²) in [6.07, 6.45) is 0.747. The molecule has 1 rings (SSSR count). The van der Waals surface area contributed by atoms with E-state index in [0.717, 1.165) is 28.8 Å². The van der Waals surface area contributed by atoms with Crippen molar-refractivity contribution in [3.05, 3.63) is 22.7 Å². The van der Waals surface area contributed by atoms with Crippen molar-refractivity contribution in [3.8, 4) is 0 Å². The van der Waals surface area contributed by atoms with Crippen molar-refractivity contribution in [1.29, 1.82) is 0 Å². The first-order valence-electron chi connectivity index (χ1n) is 4.14. The SMILES string of the molecule is Nc1ccc(NCCCO)c(Br)c1. The Hall–Kier alpha value is -0.740. The number of hydrogen-bond donors (Lipinski definition) is 3. The number of hydrogen-bond acceptors (Lipinski definition) is 3. The van der Waals surface area contributed by atoms with Crippen molar-refractivity contribution in [3.63, 3.8) is 0 Å². The second-order valence-electron chi connectivity index (χ2n) is 2.74. The summed E-state index contributed by atoms with van der Waals surface area (Å²) in [5.41, 5.74) is 7.32. The van der Waals surface area contributed by atoms with Crippen LogP contribution in [0.15, 0.2) is 22.7 Å². The lowest BCUT2D eigenvalue weighted by Gasteiger charge is -2.07. The van der Waals surface area contributed by atoms with Crippen molar-refractivity contribution in [2.24, 2.45) is 0 Å². The van der Waals surface area contributed by atoms with Crippen LogP contribution in [0.4, 0.5) is 11.4 Å². The van der Waals surface area contributed by atoms with E-state index < -0.39 is 0 Å². The zero-order valence-electron chi connectivity index (χ0n) is 7.26. The van der Waals surface area contributed by atoms with Crippen molar-refractivity contribution in [2.45, 2.75) is 6.42 Å². The van der Waals surface area contributed by atoms with E-state index in [1.54, 1.807) is 0 Å². The topological polar surface area (TPSA) is 58.3 Å². The van der Waals surface area contributed by atoms with Crippen LogP contribution >= 0.6 is 15.9 Å². The molecule has 4 N–H and O–H groups in total. The van der Waals surface area contributed by atoms with E-state index in [1.807, 2.05) is 18.2 Å². The van der Waals surface area contributed by atoms with E-state index in [9.17, 15) is 0 Å². The fourth-order valence-corrected chi connectivity index (χ4v) is 1.51. The quantitative estimate of drug-likeness (QED) is 0.560. The van der Waals surface area contributed by atoms with Gasteiger partial charge in [-0.3, -0.25) is 0 Å². The van der Waals surface area contributed by atoms with Gasteiger partial charge in [0.15, 0.2) is 0 Å². The zero-order valence-corrected chi connectivity index (χ0v) is 8.84. The van der Waals surface area contributed by atoms with Gasteiger partial charge >= 0.3 is 0 Å². The molecule has 0 aliphatic carbocycles. The normalized spacial score (nSPS) is 10.0. The highest BCUT2D eigenvalue weighted by molar-refractivity contribution is 9.10. The van der Waals surface area contributed by atoms with Gasteiger partial charge in [-0.15, -0.1) is 0 Å². The highest BCUT2D eigenvalue weighted by Crippen LogP contribution is 2.24. The first kappa shape index (κ1) is 10.3. The van der Waals surface area contributed by atoms with Gasteiger partial charge in [0.2, 0.25) is 0 Å². The summed E-state index contributed by atoms with van der Waals surface area (Å²) >= 11 is 3.39. The monoisotopic (exact) mass is 244 g/mol. The predicted octanol–water partition coefficient (Wildman–Crippen LogP) is 1.83. The molecular formula is C9H13BrN2O. The molecule has 3 nitrogen and oxygen atoms in total. The maximum absolute atomic E-state index is 8.59. The van der Waals surface area contributed by atoms with Crippen molar-refractivity contribution >= 4 is 27.3 Å². The Balaban J connectivity index is 2.56. The van der Waals surface area contributed by atoms with E-state index in [0.29, 0.717) is 0 Å². The van der Waals surface area contributed by atoms with Crippen LogP contribution in [0, 0.1) is 0 Å². The van der Waals surface area contributed by atoms with E-state index in [1.165, 1.54) is 0 Å². The number of nitrogens with one attached hydrogen (secondary N) is 1. The first-order valence-corrected chi connectivity index (χ1v) is 4.93. The van der Waals surface area contributed by atoms with Gasteiger partial charge in [0.25, 0.3) is 0 Å². The minimum absolute atomic E-state index is 0.208. The molecular weight excluding hydrogens is 232 g/mol. The second kappa shape index (κ2) is 5.09. The number of nitrogen functional groups attached to an aromatic ring is 1. The van der Waals surface area contributed by atoms with Gasteiger partial charge in [0.1, 0.15) is 0 Å². The first-order chi connectivity index (χ1) is 6.24. The van der Waals surface area contributed by atoms with Gasteiger partial charge < -0.3 is 16.2 Å². The number of aliphatic hydroxyl groups excluding tert-OH is 1. The summed E-state index contributed by atoms with van der Waals surface area (Å²) in [4.78, 5) is 0. The Morgan fingerprint density at radius 3 is 2.85 bits per heavy atom. The molecule has 0 spiro atoms. The molecule has 0 fully saturated rings. The molecule has 0 aliphatic heterocycles. The molecule has 0 radical (unpaired) electrons. The highest BCUT2D eigenvalue weighted by Gasteiger charge is 1.98. The van der Waals surface area contributed by atoms with Gasteiger partial charge in [0, 0.05) is 29.0 Å². The maximum atomic E-state index is 8.59. The fourth-order valence-electron chi connectivity index (χ4n) is 0.977. The number of nitrogens with two attached hydrogens (primary N) is 1. The van der Waals surface area contributed by atoms with Crippen LogP contribution in [0.3, 0.4) is 0 Å². The lowest BCUT2D eigenvalue weighted by atomic mass is 10.3. The van der Waals surface area contributed by atoms with Crippen LogP contribution in [0.2, 0.25) is 0 Å². The fraction of sp³-hybridized carbons (Fsp3) is 0.333. The van der Waals surface area contributed by atoms with Crippen LogP contribution < -0.4 is 11.1 Å². The highest BCUT2D eigenvalue weighted by atomic mass is 79.9. The third kappa shape index (κ3) is 3.24. The molecule has 0 amide bonds.